The Kier molecular flexibility index (Phi) is 21.0. The molecule has 0 bridgehead atoms. The number of hydrogen-bond acceptors (Lipinski definition) is 2. The van der Waals surface area contributed by atoms with E-state index >= 15 is 0 Å². The minimum absolute atomic E-state index is 0.343. The first-order valence-corrected chi connectivity index (χ1v) is 11.2. The Morgan fingerprint density at radius 2 is 0.960 bits per heavy atom. The van der Waals surface area contributed by atoms with Crippen LogP contribution < -0.4 is 5.32 Å². The molecule has 0 aromatic heterocycles. The van der Waals surface area contributed by atoms with Gasteiger partial charge < -0.3 is 10.4 Å². The number of carboxylic acids is 1. The van der Waals surface area contributed by atoms with E-state index in [1.165, 1.54) is 109 Å². The van der Waals surface area contributed by atoms with Gasteiger partial charge in [-0.15, -0.1) is 0 Å². The fourth-order valence-electron chi connectivity index (χ4n) is 3.25. The van der Waals surface area contributed by atoms with Crippen molar-refractivity contribution < 1.29 is 9.90 Å². The highest BCUT2D eigenvalue weighted by atomic mass is 16.4. The van der Waals surface area contributed by atoms with Crippen LogP contribution in [-0.4, -0.2) is 24.2 Å². The predicted molar refractivity (Wildman–Crippen MR) is 109 cm³/mol. The molecule has 0 amide bonds. The lowest BCUT2D eigenvalue weighted by atomic mass is 10.0. The van der Waals surface area contributed by atoms with Crippen LogP contribution in [0, 0.1) is 0 Å². The van der Waals surface area contributed by atoms with Crippen LogP contribution in [0.1, 0.15) is 122 Å². The number of rotatable bonds is 21. The van der Waals surface area contributed by atoms with Crippen molar-refractivity contribution in [2.75, 3.05) is 13.1 Å². The number of carbonyl (C=O) groups is 1. The molecule has 0 rings (SSSR count). The average Bonchev–Trinajstić information content (AvgIpc) is 2.60. The first-order chi connectivity index (χ1) is 12.3. The van der Waals surface area contributed by atoms with Crippen molar-refractivity contribution in [3.8, 4) is 0 Å². The third kappa shape index (κ3) is 23.4. The van der Waals surface area contributed by atoms with Gasteiger partial charge in [-0.3, -0.25) is 4.79 Å². The molecule has 0 aliphatic carbocycles. The Hall–Kier alpha value is -0.570. The zero-order valence-electron chi connectivity index (χ0n) is 17.0. The Morgan fingerprint density at radius 1 is 0.600 bits per heavy atom. The van der Waals surface area contributed by atoms with Gasteiger partial charge in [0.25, 0.3) is 0 Å². The average molecular weight is 356 g/mol. The zero-order valence-corrected chi connectivity index (χ0v) is 17.0. The molecule has 0 aromatic rings. The van der Waals surface area contributed by atoms with Gasteiger partial charge >= 0.3 is 5.97 Å². The lowest BCUT2D eigenvalue weighted by Crippen LogP contribution is -2.16. The first-order valence-electron chi connectivity index (χ1n) is 11.2. The molecule has 0 fully saturated rings. The first kappa shape index (κ1) is 24.4. The van der Waals surface area contributed by atoms with Crippen molar-refractivity contribution in [1.29, 1.82) is 0 Å². The number of hydrogen-bond donors (Lipinski definition) is 2. The van der Waals surface area contributed by atoms with E-state index < -0.39 is 5.97 Å². The standard InChI is InChI=1S/C22H45NO2/c1-2-3-20-23-21-18-16-14-12-10-8-6-4-5-7-9-11-13-15-17-19-22(24)25/h23H,2-21H2,1H3,(H,24,25). The number of nitrogens with one attached hydrogen (secondary N) is 1. The quantitative estimate of drug-likeness (QED) is 0.225. The predicted octanol–water partition coefficient (Wildman–Crippen LogP) is 6.70. The molecule has 0 heterocycles. The van der Waals surface area contributed by atoms with E-state index in [0.29, 0.717) is 6.42 Å². The topological polar surface area (TPSA) is 49.3 Å². The highest BCUT2D eigenvalue weighted by Crippen LogP contribution is 2.13. The van der Waals surface area contributed by atoms with Crippen LogP contribution in [-0.2, 0) is 4.79 Å². The van der Waals surface area contributed by atoms with Crippen LogP contribution in [0.15, 0.2) is 0 Å². The third-order valence-electron chi connectivity index (χ3n) is 4.95. The molecule has 0 atom stereocenters. The van der Waals surface area contributed by atoms with E-state index in [2.05, 4.69) is 12.2 Å². The molecule has 2 N–H and O–H groups in total. The molecule has 150 valence electrons. The van der Waals surface area contributed by atoms with Crippen molar-refractivity contribution >= 4 is 5.97 Å². The summed E-state index contributed by atoms with van der Waals surface area (Å²) in [6, 6.07) is 0. The van der Waals surface area contributed by atoms with Gasteiger partial charge in [0.1, 0.15) is 0 Å². The summed E-state index contributed by atoms with van der Waals surface area (Å²) in [5.41, 5.74) is 0. The van der Waals surface area contributed by atoms with Gasteiger partial charge in [-0.25, -0.2) is 0 Å². The summed E-state index contributed by atoms with van der Waals surface area (Å²) < 4.78 is 0. The van der Waals surface area contributed by atoms with Gasteiger partial charge in [0, 0.05) is 6.42 Å². The minimum atomic E-state index is -0.653. The molecule has 0 unspecified atom stereocenters. The fourth-order valence-corrected chi connectivity index (χ4v) is 3.25. The molecule has 0 aliphatic heterocycles. The van der Waals surface area contributed by atoms with Crippen LogP contribution in [0.4, 0.5) is 0 Å². The maximum Gasteiger partial charge on any atom is 0.303 e. The van der Waals surface area contributed by atoms with Gasteiger partial charge in [0.05, 0.1) is 0 Å². The number of aliphatic carboxylic acids is 1. The van der Waals surface area contributed by atoms with Crippen LogP contribution in [0.25, 0.3) is 0 Å². The second-order valence-electron chi connectivity index (χ2n) is 7.55. The molecular weight excluding hydrogens is 310 g/mol. The molecular formula is C22H45NO2. The SMILES string of the molecule is CCCCNCCCCCCCCCCCCCCCCCC(=O)O. The summed E-state index contributed by atoms with van der Waals surface area (Å²) in [5, 5.41) is 12.1. The largest absolute Gasteiger partial charge is 0.481 e. The normalized spacial score (nSPS) is 11.1. The van der Waals surface area contributed by atoms with E-state index in [9.17, 15) is 4.79 Å². The van der Waals surface area contributed by atoms with Crippen LogP contribution in [0.5, 0.6) is 0 Å². The van der Waals surface area contributed by atoms with Crippen LogP contribution >= 0.6 is 0 Å². The fraction of sp³-hybridized carbons (Fsp3) is 0.955. The molecule has 0 aliphatic rings. The molecule has 3 nitrogen and oxygen atoms in total. The van der Waals surface area contributed by atoms with E-state index in [-0.39, 0.29) is 0 Å². The highest BCUT2D eigenvalue weighted by molar-refractivity contribution is 5.66. The maximum absolute atomic E-state index is 10.4. The Morgan fingerprint density at radius 3 is 1.36 bits per heavy atom. The van der Waals surface area contributed by atoms with Crippen LogP contribution in [0.2, 0.25) is 0 Å². The van der Waals surface area contributed by atoms with Crippen molar-refractivity contribution in [2.45, 2.75) is 122 Å². The van der Waals surface area contributed by atoms with Gasteiger partial charge in [0.15, 0.2) is 0 Å². The molecule has 3 heteroatoms. The summed E-state index contributed by atoms with van der Waals surface area (Å²) in [6.07, 6.45) is 22.7. The van der Waals surface area contributed by atoms with Crippen LogP contribution in [0.3, 0.4) is 0 Å². The summed E-state index contributed by atoms with van der Waals surface area (Å²) in [6.45, 7) is 4.65. The third-order valence-corrected chi connectivity index (χ3v) is 4.95. The molecule has 0 spiro atoms. The van der Waals surface area contributed by atoms with Crippen molar-refractivity contribution in [1.82, 2.24) is 5.32 Å². The Bertz CT molecular complexity index is 269. The van der Waals surface area contributed by atoms with Gasteiger partial charge in [-0.1, -0.05) is 96.8 Å². The highest BCUT2D eigenvalue weighted by Gasteiger charge is 1.97. The summed E-state index contributed by atoms with van der Waals surface area (Å²) in [7, 11) is 0. The summed E-state index contributed by atoms with van der Waals surface area (Å²) in [4.78, 5) is 10.4. The molecule has 0 aromatic carbocycles. The van der Waals surface area contributed by atoms with Crippen molar-refractivity contribution in [2.24, 2.45) is 0 Å². The smallest absolute Gasteiger partial charge is 0.303 e. The maximum atomic E-state index is 10.4. The number of unbranched alkanes of at least 4 members (excludes halogenated alkanes) is 15. The second-order valence-corrected chi connectivity index (χ2v) is 7.55. The van der Waals surface area contributed by atoms with Gasteiger partial charge in [0.2, 0.25) is 0 Å². The molecule has 0 saturated carbocycles. The lowest BCUT2D eigenvalue weighted by Gasteiger charge is -2.04. The lowest BCUT2D eigenvalue weighted by molar-refractivity contribution is -0.137. The monoisotopic (exact) mass is 355 g/mol. The van der Waals surface area contributed by atoms with E-state index in [1.54, 1.807) is 0 Å². The Labute approximate surface area is 157 Å². The van der Waals surface area contributed by atoms with Gasteiger partial charge in [-0.05, 0) is 32.4 Å². The van der Waals surface area contributed by atoms with Crippen molar-refractivity contribution in [3.63, 3.8) is 0 Å². The van der Waals surface area contributed by atoms with E-state index in [0.717, 1.165) is 12.8 Å². The van der Waals surface area contributed by atoms with E-state index in [1.807, 2.05) is 0 Å². The number of carboxylic acid groups (broad SMARTS) is 1. The molecule has 0 saturated heterocycles. The summed E-state index contributed by atoms with van der Waals surface area (Å²) >= 11 is 0. The zero-order chi connectivity index (χ0) is 18.4. The second kappa shape index (κ2) is 21.5. The van der Waals surface area contributed by atoms with E-state index in [4.69, 9.17) is 5.11 Å². The molecule has 25 heavy (non-hydrogen) atoms. The minimum Gasteiger partial charge on any atom is -0.481 e. The van der Waals surface area contributed by atoms with Crippen molar-refractivity contribution in [3.05, 3.63) is 0 Å². The summed E-state index contributed by atoms with van der Waals surface area (Å²) in [5.74, 6) is -0.653. The Balaban J connectivity index is 2.97. The van der Waals surface area contributed by atoms with Gasteiger partial charge in [-0.2, -0.15) is 0 Å². The molecule has 0 radical (unpaired) electrons.